The van der Waals surface area contributed by atoms with Gasteiger partial charge in [0.1, 0.15) is 0 Å². The molecule has 2 heterocycles. The van der Waals surface area contributed by atoms with E-state index in [1.54, 1.807) is 6.21 Å². The molecule has 0 saturated carbocycles. The molecule has 0 unspecified atom stereocenters. The number of aromatic nitrogens is 2. The molecule has 0 saturated heterocycles. The number of benzene rings is 2. The summed E-state index contributed by atoms with van der Waals surface area (Å²) in [7, 11) is 0. The topological polar surface area (TPSA) is 45.4 Å². The first-order chi connectivity index (χ1) is 13.2. The van der Waals surface area contributed by atoms with Gasteiger partial charge in [0.2, 0.25) is 4.80 Å². The molecule has 0 fully saturated rings. The summed E-state index contributed by atoms with van der Waals surface area (Å²) in [6, 6.07) is 19.5. The Morgan fingerprint density at radius 1 is 1.04 bits per heavy atom. The van der Waals surface area contributed by atoms with Gasteiger partial charge >= 0.3 is 0 Å². The number of H-pyrrole nitrogens is 1. The van der Waals surface area contributed by atoms with Gasteiger partial charge in [0.15, 0.2) is 0 Å². The van der Waals surface area contributed by atoms with E-state index in [0.717, 1.165) is 31.9 Å². The van der Waals surface area contributed by atoms with Crippen LogP contribution < -0.4 is 4.80 Å². The summed E-state index contributed by atoms with van der Waals surface area (Å²) in [6.07, 6.45) is 3.66. The fraction of sp³-hybridized carbons (Fsp3) is 0. The van der Waals surface area contributed by atoms with Crippen LogP contribution in [0, 0.1) is 0 Å². The van der Waals surface area contributed by atoms with E-state index in [2.05, 4.69) is 43.5 Å². The third-order valence-electron chi connectivity index (χ3n) is 3.81. The van der Waals surface area contributed by atoms with E-state index in [1.807, 2.05) is 59.4 Å². The zero-order chi connectivity index (χ0) is 18.6. The Labute approximate surface area is 173 Å². The van der Waals surface area contributed by atoms with Crippen LogP contribution in [0.4, 0.5) is 5.69 Å². The number of hydrogen-bond acceptors (Lipinski definition) is 3. The highest BCUT2D eigenvalue weighted by molar-refractivity contribution is 9.10. The number of hydrogen-bond donors (Lipinski definition) is 1. The smallest absolute Gasteiger partial charge is 0.211 e. The van der Waals surface area contributed by atoms with Crippen molar-refractivity contribution in [1.82, 2.24) is 9.66 Å². The first kappa shape index (κ1) is 18.0. The standard InChI is InChI=1S/C20H14BrClN4S/c21-15-5-3-14(4-6-15)19-13-27-20(25-17-9-7-16(22)8-10-17)26(19)24-12-18-2-1-11-23-18/h1-13,23H. The lowest BCUT2D eigenvalue weighted by atomic mass is 10.2. The Bertz CT molecular complexity index is 1120. The fourth-order valence-corrected chi connectivity index (χ4v) is 3.72. The SMILES string of the molecule is Clc1ccc(N=c2scc(-c3ccc(Br)cc3)n2N=Cc2ccc[nH]2)cc1. The van der Waals surface area contributed by atoms with E-state index in [9.17, 15) is 0 Å². The summed E-state index contributed by atoms with van der Waals surface area (Å²) >= 11 is 11.0. The first-order valence-corrected chi connectivity index (χ1v) is 10.2. The van der Waals surface area contributed by atoms with E-state index >= 15 is 0 Å². The van der Waals surface area contributed by atoms with Gasteiger partial charge in [0.05, 0.1) is 23.3 Å². The predicted octanol–water partition coefficient (Wildman–Crippen LogP) is 6.08. The van der Waals surface area contributed by atoms with Crippen molar-refractivity contribution < 1.29 is 0 Å². The van der Waals surface area contributed by atoms with E-state index in [1.165, 1.54) is 11.3 Å². The molecular formula is C20H14BrClN4S. The molecular weight excluding hydrogens is 444 g/mol. The second kappa shape index (κ2) is 8.08. The average Bonchev–Trinajstić information content (AvgIpc) is 3.32. The van der Waals surface area contributed by atoms with Gasteiger partial charge in [-0.3, -0.25) is 0 Å². The minimum absolute atomic E-state index is 0.688. The quantitative estimate of drug-likeness (QED) is 0.361. The van der Waals surface area contributed by atoms with Crippen LogP contribution >= 0.6 is 38.9 Å². The van der Waals surface area contributed by atoms with Crippen molar-refractivity contribution in [2.24, 2.45) is 10.1 Å². The molecule has 0 amide bonds. The molecule has 2 aromatic heterocycles. The molecule has 0 aliphatic heterocycles. The van der Waals surface area contributed by atoms with E-state index < -0.39 is 0 Å². The van der Waals surface area contributed by atoms with Gasteiger partial charge in [-0.25, -0.2) is 9.67 Å². The number of thiazole rings is 1. The third kappa shape index (κ3) is 4.30. The van der Waals surface area contributed by atoms with Crippen molar-refractivity contribution in [3.05, 3.63) is 92.2 Å². The van der Waals surface area contributed by atoms with Crippen molar-refractivity contribution >= 4 is 50.8 Å². The molecule has 0 spiro atoms. The second-order valence-electron chi connectivity index (χ2n) is 5.68. The Hall–Kier alpha value is -2.41. The van der Waals surface area contributed by atoms with Crippen molar-refractivity contribution in [2.45, 2.75) is 0 Å². The lowest BCUT2D eigenvalue weighted by molar-refractivity contribution is 0.854. The van der Waals surface area contributed by atoms with Gasteiger partial charge in [0.25, 0.3) is 0 Å². The molecule has 7 heteroatoms. The molecule has 0 bridgehead atoms. The lowest BCUT2D eigenvalue weighted by Gasteiger charge is -2.03. The molecule has 0 atom stereocenters. The van der Waals surface area contributed by atoms with Crippen LogP contribution in [0.3, 0.4) is 0 Å². The fourth-order valence-electron chi connectivity index (χ4n) is 2.48. The highest BCUT2D eigenvalue weighted by Crippen LogP contribution is 2.23. The summed E-state index contributed by atoms with van der Waals surface area (Å²) < 4.78 is 2.89. The maximum absolute atomic E-state index is 5.97. The van der Waals surface area contributed by atoms with Crippen molar-refractivity contribution in [3.63, 3.8) is 0 Å². The highest BCUT2D eigenvalue weighted by Gasteiger charge is 2.08. The molecule has 2 aromatic carbocycles. The van der Waals surface area contributed by atoms with Crippen LogP contribution in [-0.4, -0.2) is 15.9 Å². The average molecular weight is 458 g/mol. The van der Waals surface area contributed by atoms with Gasteiger partial charge in [0, 0.05) is 26.6 Å². The van der Waals surface area contributed by atoms with Crippen LogP contribution in [0.5, 0.6) is 0 Å². The van der Waals surface area contributed by atoms with Crippen molar-refractivity contribution in [1.29, 1.82) is 0 Å². The summed E-state index contributed by atoms with van der Waals surface area (Å²) in [5.41, 5.74) is 3.79. The van der Waals surface area contributed by atoms with E-state index in [4.69, 9.17) is 16.6 Å². The summed E-state index contributed by atoms with van der Waals surface area (Å²) in [6.45, 7) is 0. The molecule has 0 radical (unpaired) electrons. The molecule has 4 nitrogen and oxygen atoms in total. The maximum Gasteiger partial charge on any atom is 0.211 e. The number of rotatable bonds is 4. The molecule has 4 rings (SSSR count). The van der Waals surface area contributed by atoms with Gasteiger partial charge < -0.3 is 4.98 Å². The largest absolute Gasteiger partial charge is 0.360 e. The molecule has 27 heavy (non-hydrogen) atoms. The van der Waals surface area contributed by atoms with Gasteiger partial charge in [-0.05, 0) is 48.5 Å². The van der Waals surface area contributed by atoms with Crippen LogP contribution in [0.15, 0.2) is 86.8 Å². The predicted molar refractivity (Wildman–Crippen MR) is 116 cm³/mol. The van der Waals surface area contributed by atoms with Gasteiger partial charge in [-0.1, -0.05) is 39.7 Å². The molecule has 1 N–H and O–H groups in total. The summed E-state index contributed by atoms with van der Waals surface area (Å²) in [5.74, 6) is 0. The lowest BCUT2D eigenvalue weighted by Crippen LogP contribution is -2.11. The van der Waals surface area contributed by atoms with Gasteiger partial charge in [-0.15, -0.1) is 11.3 Å². The van der Waals surface area contributed by atoms with E-state index in [0.29, 0.717) is 5.02 Å². The minimum Gasteiger partial charge on any atom is -0.360 e. The number of halogens is 2. The van der Waals surface area contributed by atoms with E-state index in [-0.39, 0.29) is 0 Å². The Balaban J connectivity index is 1.83. The highest BCUT2D eigenvalue weighted by atomic mass is 79.9. The Morgan fingerprint density at radius 3 is 2.52 bits per heavy atom. The minimum atomic E-state index is 0.688. The molecule has 0 aliphatic rings. The summed E-state index contributed by atoms with van der Waals surface area (Å²) in [5, 5.41) is 7.41. The summed E-state index contributed by atoms with van der Waals surface area (Å²) in [4.78, 5) is 8.64. The molecule has 4 aromatic rings. The number of nitrogens with zero attached hydrogens (tertiary/aromatic N) is 3. The third-order valence-corrected chi connectivity index (χ3v) is 5.41. The van der Waals surface area contributed by atoms with Crippen LogP contribution in [-0.2, 0) is 0 Å². The van der Waals surface area contributed by atoms with Crippen LogP contribution in [0.25, 0.3) is 11.3 Å². The Kier molecular flexibility index (Phi) is 5.38. The zero-order valence-electron chi connectivity index (χ0n) is 14.0. The van der Waals surface area contributed by atoms with Crippen LogP contribution in [0.2, 0.25) is 5.02 Å². The monoisotopic (exact) mass is 456 g/mol. The Morgan fingerprint density at radius 2 is 1.81 bits per heavy atom. The van der Waals surface area contributed by atoms with Crippen LogP contribution in [0.1, 0.15) is 5.69 Å². The van der Waals surface area contributed by atoms with Crippen molar-refractivity contribution in [3.8, 4) is 11.3 Å². The van der Waals surface area contributed by atoms with Gasteiger partial charge in [-0.2, -0.15) is 5.10 Å². The molecule has 0 aliphatic carbocycles. The molecule has 134 valence electrons. The van der Waals surface area contributed by atoms with Crippen molar-refractivity contribution in [2.75, 3.05) is 0 Å². The zero-order valence-corrected chi connectivity index (χ0v) is 17.2. The maximum atomic E-state index is 5.97. The first-order valence-electron chi connectivity index (χ1n) is 8.13. The normalized spacial score (nSPS) is 12.1. The second-order valence-corrected chi connectivity index (χ2v) is 7.87. The number of nitrogens with one attached hydrogen (secondary N) is 1. The number of aromatic amines is 1.